The van der Waals surface area contributed by atoms with Gasteiger partial charge in [-0.2, -0.15) is 0 Å². The van der Waals surface area contributed by atoms with E-state index in [4.69, 9.17) is 47.4 Å². The number of rotatable bonds is 12. The number of imide groups is 1. The van der Waals surface area contributed by atoms with E-state index in [0.29, 0.717) is 69.0 Å². The zero-order valence-corrected chi connectivity index (χ0v) is 71.8. The molecule has 0 N–H and O–H groups in total. The molecule has 9 heterocycles. The molecule has 7 aromatic rings. The maximum atomic E-state index is 13.4. The van der Waals surface area contributed by atoms with Crippen molar-refractivity contribution in [2.24, 2.45) is 29.6 Å². The summed E-state index contributed by atoms with van der Waals surface area (Å²) in [6.07, 6.45) is 13.5. The molecule has 2 saturated carbocycles. The van der Waals surface area contributed by atoms with E-state index < -0.39 is 43.4 Å². The van der Waals surface area contributed by atoms with Gasteiger partial charge in [0.25, 0.3) is 49.2 Å². The normalized spacial score (nSPS) is 28.7. The van der Waals surface area contributed by atoms with Gasteiger partial charge in [-0.3, -0.25) is 38.6 Å². The first-order chi connectivity index (χ1) is 61.3. The van der Waals surface area contributed by atoms with Crippen molar-refractivity contribution in [1.82, 2.24) is 9.88 Å². The minimum atomic E-state index is -0.832. The predicted molar refractivity (Wildman–Crippen MR) is 460 cm³/mol. The molecule has 11 unspecified atom stereocenters. The van der Waals surface area contributed by atoms with Crippen molar-refractivity contribution in [3.05, 3.63) is 335 Å². The van der Waals surface area contributed by atoms with Gasteiger partial charge in [0.2, 0.25) is 5.91 Å². The number of likely N-dealkylation sites (tertiary alicyclic amines) is 1. The van der Waals surface area contributed by atoms with Crippen LogP contribution in [0.15, 0.2) is 279 Å². The van der Waals surface area contributed by atoms with Gasteiger partial charge >= 0.3 is 29.8 Å². The lowest BCUT2D eigenvalue weighted by molar-refractivity contribution is -0.154. The minimum absolute atomic E-state index is 0.00240. The topological polar surface area (TPSA) is 303 Å². The predicted octanol–water partition coefficient (Wildman–Crippen LogP) is 15.3. The lowest BCUT2D eigenvalue weighted by Crippen LogP contribution is -2.32. The Morgan fingerprint density at radius 2 is 0.701 bits per heavy atom. The number of hydrogen-bond acceptors (Lipinski definition) is 23. The number of ether oxygens (including phenoxy) is 10. The zero-order valence-electron chi connectivity index (χ0n) is 71.0. The number of hydrogen-bond donors (Lipinski definition) is 0. The van der Waals surface area contributed by atoms with Crippen molar-refractivity contribution in [2.75, 3.05) is 9.80 Å². The molecule has 127 heavy (non-hydrogen) atoms. The van der Waals surface area contributed by atoms with Crippen molar-refractivity contribution in [3.63, 3.8) is 0 Å². The number of fused-ring (bicyclic) bond motifs is 15. The molecule has 26 heteroatoms. The van der Waals surface area contributed by atoms with Gasteiger partial charge in [0.05, 0.1) is 66.2 Å². The average Bonchev–Trinajstić information content (AvgIpc) is 1.58. The Hall–Kier alpha value is -13.9. The van der Waals surface area contributed by atoms with Crippen LogP contribution in [-0.4, -0.2) is 106 Å². The Bertz CT molecular complexity index is 6040. The number of aromatic nitrogens is 1. The molecule has 25 nitrogen and oxygen atoms in total. The number of carbonyl (C=O) groups is 11. The number of thiazole rings is 1. The SMILES string of the molecule is CC(=O)N1C(=O)/C(=C/OC2C=C(C)C(=O)O2)C2Cc3ccccc3C21.CC1=C(C)C(O/C=C2/C(=O)N(c3ccccc3)C3c4ccccc4CC23)OC1=O.CC1=C(C)[C@@H](O/C=C2/C(=O)C[C@@H]3c4ccccc4CC23)OC1=O.CC1=C(C)[C@H](O/C=C2/C(=O)C[C@@H]3c4ccccc4CC23)OC1=O.CC1=CC(O/C=C2/C(=O)N(c3nccs3)C3c4ccccc4CC23)OC1=O. The van der Waals surface area contributed by atoms with Crippen LogP contribution < -0.4 is 9.80 Å². The van der Waals surface area contributed by atoms with E-state index in [0.717, 1.165) is 75.9 Å². The van der Waals surface area contributed by atoms with Crippen LogP contribution in [0.5, 0.6) is 0 Å². The highest BCUT2D eigenvalue weighted by molar-refractivity contribution is 7.13. The van der Waals surface area contributed by atoms with E-state index in [2.05, 4.69) is 53.5 Å². The fourth-order valence-corrected chi connectivity index (χ4v) is 20.5. The van der Waals surface area contributed by atoms with Crippen molar-refractivity contribution >= 4 is 87.2 Å². The summed E-state index contributed by atoms with van der Waals surface area (Å²) in [5, 5.41) is 2.54. The smallest absolute Gasteiger partial charge is 0.337 e. The number of benzene rings is 6. The zero-order chi connectivity index (χ0) is 88.7. The number of esters is 5. The van der Waals surface area contributed by atoms with Crippen LogP contribution >= 0.6 is 11.3 Å². The number of allylic oxidation sites excluding steroid dienone is 2. The third-order valence-electron chi connectivity index (χ3n) is 26.9. The Labute approximate surface area is 735 Å². The second-order valence-corrected chi connectivity index (χ2v) is 34.8. The van der Waals surface area contributed by atoms with Crippen LogP contribution in [0.3, 0.4) is 0 Å². The molecule has 8 aliphatic heterocycles. The third kappa shape index (κ3) is 15.4. The molecule has 1 aromatic heterocycles. The van der Waals surface area contributed by atoms with E-state index in [1.54, 1.807) is 57.9 Å². The molecule has 6 aromatic carbocycles. The van der Waals surface area contributed by atoms with Gasteiger partial charge in [0.1, 0.15) is 0 Å². The van der Waals surface area contributed by atoms with Gasteiger partial charge in [0, 0.05) is 135 Å². The monoisotopic (exact) mass is 1730 g/mol. The molecule has 22 rings (SSSR count). The van der Waals surface area contributed by atoms with Crippen molar-refractivity contribution < 1.29 is 100 Å². The molecule has 646 valence electrons. The Morgan fingerprint density at radius 3 is 1.08 bits per heavy atom. The summed E-state index contributed by atoms with van der Waals surface area (Å²) in [6, 6.07) is 50.2. The summed E-state index contributed by atoms with van der Waals surface area (Å²) in [7, 11) is 0. The van der Waals surface area contributed by atoms with Crippen LogP contribution in [0.2, 0.25) is 0 Å². The summed E-state index contributed by atoms with van der Waals surface area (Å²) < 4.78 is 53.9. The van der Waals surface area contributed by atoms with Crippen LogP contribution in [0.1, 0.15) is 161 Å². The molecule has 7 aliphatic carbocycles. The molecule has 4 amide bonds. The lowest BCUT2D eigenvalue weighted by atomic mass is 9.95. The standard InChI is InChI=1S/C24H21NO4.C20H16N2O4S.C19H17NO5.2C19H18O4/c1-14-15(2)24(29-23(14)27)28-13-20-19-12-16-8-6-7-11-18(16)21(19)25(22(20)26)17-9-4-3-5-10-17;1-11-8-16(26-19(11)24)25-10-15-14-9-12-4-2-3-5-13(12)17(14)22(18(15)23)20-21-6-7-27-20;1-10-7-16(25-19(10)23)24-9-15-14-8-12-5-3-4-6-13(12)17(14)20(11(2)21)18(15)22;2*1-10-11(2)19(23-18(10)21)22-9-16-14-7-12-5-3-4-6-13(12)15(14)8-17(16)20/h3-11,13,19,21,24H,12H2,1-2H3;2-8,10,14,16-17H,9H2,1H3;3-7,9,14,16-17H,8H2,1-2H3;2*3-6,9,14-15,19H,7-8H2,1-2H3/b20-13+;15-10+;15-9+;2*16-9+/t;;;14?,15-,19+;14?,15-,19-/m...11/s1. The van der Waals surface area contributed by atoms with Gasteiger partial charge in [-0.15, -0.1) is 11.3 Å². The first-order valence-corrected chi connectivity index (χ1v) is 43.3. The number of para-hydroxylation sites is 1. The molecular weight excluding hydrogens is 1640 g/mol. The molecule has 15 aliphatic rings. The lowest BCUT2D eigenvalue weighted by Gasteiger charge is -2.24. The maximum absolute atomic E-state index is 13.4. The average molecular weight is 1730 g/mol. The maximum Gasteiger partial charge on any atom is 0.337 e. The number of amides is 4. The number of nitrogens with zero attached hydrogens (tertiary/aromatic N) is 4. The van der Waals surface area contributed by atoms with Gasteiger partial charge in [-0.1, -0.05) is 140 Å². The van der Waals surface area contributed by atoms with E-state index in [-0.39, 0.29) is 113 Å². The Balaban J connectivity index is 0.000000108. The second kappa shape index (κ2) is 34.2. The Morgan fingerprint density at radius 1 is 0.362 bits per heavy atom. The van der Waals surface area contributed by atoms with Crippen LogP contribution in [0.4, 0.5) is 10.8 Å². The highest BCUT2D eigenvalue weighted by Gasteiger charge is 2.55. The van der Waals surface area contributed by atoms with E-state index in [9.17, 15) is 52.7 Å². The van der Waals surface area contributed by atoms with Gasteiger partial charge in [-0.05, 0) is 167 Å². The fraction of sp³-hybridized carbons (Fsp3) is 0.307. The number of Topliss-reactive ketones (excluding diaryl/α,β-unsaturated/α-hetero) is 2. The van der Waals surface area contributed by atoms with E-state index in [1.165, 1.54) is 93.4 Å². The molecule has 5 fully saturated rings. The van der Waals surface area contributed by atoms with Gasteiger partial charge in [-0.25, -0.2) is 29.0 Å². The highest BCUT2D eigenvalue weighted by atomic mass is 32.1. The van der Waals surface area contributed by atoms with Crippen molar-refractivity contribution in [2.45, 2.75) is 169 Å². The number of anilines is 2. The minimum Gasteiger partial charge on any atom is -0.458 e. The largest absolute Gasteiger partial charge is 0.458 e. The summed E-state index contributed by atoms with van der Waals surface area (Å²) in [4.78, 5) is 143. The number of ketones is 2. The highest BCUT2D eigenvalue weighted by Crippen LogP contribution is 2.56. The third-order valence-corrected chi connectivity index (χ3v) is 27.7. The number of cyclic esters (lactones) is 5. The summed E-state index contributed by atoms with van der Waals surface area (Å²) in [5.41, 5.74) is 21.1. The van der Waals surface area contributed by atoms with E-state index in [1.807, 2.05) is 134 Å². The number of carbonyl (C=O) groups excluding carboxylic acids is 11. The van der Waals surface area contributed by atoms with E-state index >= 15 is 0 Å². The first kappa shape index (κ1) is 84.0. The fourth-order valence-electron chi connectivity index (χ4n) is 19.9. The molecule has 0 bridgehead atoms. The van der Waals surface area contributed by atoms with Crippen LogP contribution in [-0.2, 0) is 132 Å². The Kier molecular flexibility index (Phi) is 22.6. The second-order valence-electron chi connectivity index (χ2n) is 34.0. The molecule has 0 radical (unpaired) electrons. The van der Waals surface area contributed by atoms with Crippen LogP contribution in [0, 0.1) is 29.6 Å². The molecule has 0 spiro atoms. The summed E-state index contributed by atoms with van der Waals surface area (Å²) in [6.45, 7) is 15.3. The molecule has 15 atom stereocenters. The first-order valence-electron chi connectivity index (χ1n) is 42.4. The molecular formula is C101H90N4O21S. The summed E-state index contributed by atoms with van der Waals surface area (Å²) >= 11 is 1.44. The quantitative estimate of drug-likeness (QED) is 0.0475. The molecule has 3 saturated heterocycles. The summed E-state index contributed by atoms with van der Waals surface area (Å²) in [5.74, 6) is -1.71. The van der Waals surface area contributed by atoms with Gasteiger partial charge in [0.15, 0.2) is 16.7 Å². The van der Waals surface area contributed by atoms with Crippen molar-refractivity contribution in [3.8, 4) is 0 Å². The van der Waals surface area contributed by atoms with Gasteiger partial charge < -0.3 is 52.3 Å². The van der Waals surface area contributed by atoms with Crippen LogP contribution in [0.25, 0.3) is 0 Å². The van der Waals surface area contributed by atoms with Crippen molar-refractivity contribution in [1.29, 1.82) is 0 Å².